The summed E-state index contributed by atoms with van der Waals surface area (Å²) < 4.78 is 0. The lowest BCUT2D eigenvalue weighted by atomic mass is 10.2. The minimum atomic E-state index is 0.578. The van der Waals surface area contributed by atoms with Gasteiger partial charge in [0.05, 0.1) is 12.6 Å². The molecule has 0 radical (unpaired) electrons. The van der Waals surface area contributed by atoms with Crippen molar-refractivity contribution in [2.45, 2.75) is 19.4 Å². The number of hydrogen-bond acceptors (Lipinski definition) is 3. The Hall–Kier alpha value is -0.590. The van der Waals surface area contributed by atoms with Crippen LogP contribution in [0.15, 0.2) is 0 Å². The van der Waals surface area contributed by atoms with Crippen LogP contribution in [-0.2, 0) is 0 Å². The summed E-state index contributed by atoms with van der Waals surface area (Å²) in [4.78, 5) is 4.58. The van der Waals surface area contributed by atoms with Gasteiger partial charge in [-0.3, -0.25) is 4.90 Å². The summed E-state index contributed by atoms with van der Waals surface area (Å²) in [5, 5.41) is 8.59. The van der Waals surface area contributed by atoms with Crippen molar-refractivity contribution in [2.75, 3.05) is 33.2 Å². The highest BCUT2D eigenvalue weighted by Gasteiger charge is 2.23. The summed E-state index contributed by atoms with van der Waals surface area (Å²) in [5.74, 6) is 0. The summed E-state index contributed by atoms with van der Waals surface area (Å²) in [6.07, 6.45) is 1.21. The van der Waals surface area contributed by atoms with Gasteiger partial charge in [0.2, 0.25) is 0 Å². The Kier molecular flexibility index (Phi) is 3.51. The molecule has 0 N–H and O–H groups in total. The molecular formula is C9H17N3. The Bertz CT molecular complexity index is 173. The fraction of sp³-hybridized carbons (Fsp3) is 0.889. The number of likely N-dealkylation sites (N-methyl/N-ethyl adjacent to an activating group) is 2. The molecule has 1 heterocycles. The van der Waals surface area contributed by atoms with E-state index in [1.165, 1.54) is 13.0 Å². The van der Waals surface area contributed by atoms with Crippen LogP contribution in [0.2, 0.25) is 0 Å². The first kappa shape index (κ1) is 9.50. The molecule has 0 saturated carbocycles. The molecule has 1 unspecified atom stereocenters. The molecule has 1 saturated heterocycles. The summed E-state index contributed by atoms with van der Waals surface area (Å²) in [5.41, 5.74) is 0. The molecule has 0 aromatic rings. The van der Waals surface area contributed by atoms with E-state index in [4.69, 9.17) is 5.26 Å². The Balaban J connectivity index is 2.39. The van der Waals surface area contributed by atoms with E-state index in [2.05, 4.69) is 29.8 Å². The van der Waals surface area contributed by atoms with E-state index >= 15 is 0 Å². The number of nitriles is 1. The van der Waals surface area contributed by atoms with Gasteiger partial charge >= 0.3 is 0 Å². The third-order valence-corrected chi connectivity index (χ3v) is 2.56. The highest BCUT2D eigenvalue weighted by atomic mass is 15.2. The first-order chi connectivity index (χ1) is 5.77. The number of nitrogens with zero attached hydrogens (tertiary/aromatic N) is 3. The van der Waals surface area contributed by atoms with Crippen LogP contribution in [0, 0.1) is 11.3 Å². The van der Waals surface area contributed by atoms with Gasteiger partial charge in [-0.15, -0.1) is 0 Å². The van der Waals surface area contributed by atoms with E-state index in [0.29, 0.717) is 12.6 Å². The summed E-state index contributed by atoms with van der Waals surface area (Å²) >= 11 is 0. The normalized spacial score (nSPS) is 24.7. The predicted octanol–water partition coefficient (Wildman–Crippen LogP) is 0.536. The van der Waals surface area contributed by atoms with Gasteiger partial charge in [-0.25, -0.2) is 0 Å². The van der Waals surface area contributed by atoms with E-state index in [0.717, 1.165) is 13.1 Å². The molecule has 12 heavy (non-hydrogen) atoms. The molecule has 3 heteroatoms. The molecule has 0 aromatic heterocycles. The lowest BCUT2D eigenvalue weighted by Crippen LogP contribution is -2.37. The van der Waals surface area contributed by atoms with Crippen LogP contribution in [0.4, 0.5) is 0 Å². The van der Waals surface area contributed by atoms with Crippen molar-refractivity contribution in [1.82, 2.24) is 9.80 Å². The molecule has 1 rings (SSSR count). The average Bonchev–Trinajstić information content (AvgIpc) is 2.47. The molecule has 1 aliphatic rings. The fourth-order valence-electron chi connectivity index (χ4n) is 1.80. The van der Waals surface area contributed by atoms with Crippen LogP contribution in [0.3, 0.4) is 0 Å². The van der Waals surface area contributed by atoms with Crippen LogP contribution in [0.1, 0.15) is 13.3 Å². The lowest BCUT2D eigenvalue weighted by Gasteiger charge is -2.24. The zero-order valence-corrected chi connectivity index (χ0v) is 7.95. The van der Waals surface area contributed by atoms with E-state index in [-0.39, 0.29) is 0 Å². The standard InChI is InChI=1S/C9H17N3/c1-3-12(7-5-10)9-4-6-11(2)8-9/h9H,3-4,6-8H2,1-2H3. The van der Waals surface area contributed by atoms with Crippen LogP contribution in [0.25, 0.3) is 0 Å². The van der Waals surface area contributed by atoms with Gasteiger partial charge in [-0.1, -0.05) is 6.92 Å². The second-order valence-electron chi connectivity index (χ2n) is 3.43. The van der Waals surface area contributed by atoms with Crippen LogP contribution in [0.5, 0.6) is 0 Å². The van der Waals surface area contributed by atoms with Crippen molar-refractivity contribution >= 4 is 0 Å². The van der Waals surface area contributed by atoms with Gasteiger partial charge in [-0.05, 0) is 26.6 Å². The van der Waals surface area contributed by atoms with E-state index in [1.807, 2.05) is 0 Å². The van der Waals surface area contributed by atoms with Gasteiger partial charge in [0, 0.05) is 12.6 Å². The van der Waals surface area contributed by atoms with Crippen molar-refractivity contribution in [3.63, 3.8) is 0 Å². The first-order valence-electron chi connectivity index (χ1n) is 4.57. The number of hydrogen-bond donors (Lipinski definition) is 0. The van der Waals surface area contributed by atoms with Crippen molar-refractivity contribution in [3.05, 3.63) is 0 Å². The van der Waals surface area contributed by atoms with Crippen LogP contribution >= 0.6 is 0 Å². The highest BCUT2D eigenvalue weighted by Crippen LogP contribution is 2.12. The minimum absolute atomic E-state index is 0.578. The Labute approximate surface area is 74.6 Å². The molecule has 0 aliphatic carbocycles. The molecule has 0 aromatic carbocycles. The zero-order chi connectivity index (χ0) is 8.97. The second-order valence-corrected chi connectivity index (χ2v) is 3.43. The quantitative estimate of drug-likeness (QED) is 0.575. The Morgan fingerprint density at radius 3 is 2.83 bits per heavy atom. The maximum atomic E-state index is 8.59. The van der Waals surface area contributed by atoms with Crippen LogP contribution < -0.4 is 0 Å². The largest absolute Gasteiger partial charge is 0.305 e. The molecule has 1 atom stereocenters. The van der Waals surface area contributed by atoms with E-state index in [1.54, 1.807) is 0 Å². The van der Waals surface area contributed by atoms with Crippen molar-refractivity contribution in [2.24, 2.45) is 0 Å². The first-order valence-corrected chi connectivity index (χ1v) is 4.57. The third-order valence-electron chi connectivity index (χ3n) is 2.56. The maximum absolute atomic E-state index is 8.59. The summed E-state index contributed by atoms with van der Waals surface area (Å²) in [7, 11) is 2.14. The van der Waals surface area contributed by atoms with Crippen molar-refractivity contribution in [1.29, 1.82) is 5.26 Å². The molecule has 3 nitrogen and oxygen atoms in total. The SMILES string of the molecule is CCN(CC#N)C1CCN(C)C1. The van der Waals surface area contributed by atoms with Gasteiger partial charge in [-0.2, -0.15) is 5.26 Å². The molecule has 68 valence electrons. The molecule has 0 bridgehead atoms. The lowest BCUT2D eigenvalue weighted by molar-refractivity contribution is 0.231. The average molecular weight is 167 g/mol. The summed E-state index contributed by atoms with van der Waals surface area (Å²) in [6.45, 7) is 5.98. The van der Waals surface area contributed by atoms with Crippen LogP contribution in [-0.4, -0.2) is 49.1 Å². The van der Waals surface area contributed by atoms with E-state index in [9.17, 15) is 0 Å². The van der Waals surface area contributed by atoms with Crippen molar-refractivity contribution < 1.29 is 0 Å². The van der Waals surface area contributed by atoms with Gasteiger partial charge < -0.3 is 4.90 Å². The Morgan fingerprint density at radius 2 is 2.42 bits per heavy atom. The molecule has 0 amide bonds. The summed E-state index contributed by atoms with van der Waals surface area (Å²) in [6, 6.07) is 2.83. The number of likely N-dealkylation sites (tertiary alicyclic amines) is 1. The monoisotopic (exact) mass is 167 g/mol. The fourth-order valence-corrected chi connectivity index (χ4v) is 1.80. The zero-order valence-electron chi connectivity index (χ0n) is 7.95. The molecular weight excluding hydrogens is 150 g/mol. The van der Waals surface area contributed by atoms with Gasteiger partial charge in [0.15, 0.2) is 0 Å². The molecule has 0 spiro atoms. The van der Waals surface area contributed by atoms with Crippen molar-refractivity contribution in [3.8, 4) is 6.07 Å². The van der Waals surface area contributed by atoms with Gasteiger partial charge in [0.25, 0.3) is 0 Å². The smallest absolute Gasteiger partial charge is 0.0868 e. The van der Waals surface area contributed by atoms with Gasteiger partial charge in [0.1, 0.15) is 0 Å². The second kappa shape index (κ2) is 4.44. The topological polar surface area (TPSA) is 30.3 Å². The number of rotatable bonds is 3. The molecule has 1 aliphatic heterocycles. The third kappa shape index (κ3) is 2.20. The highest BCUT2D eigenvalue weighted by molar-refractivity contribution is 4.86. The molecule has 1 fully saturated rings. The maximum Gasteiger partial charge on any atom is 0.0868 e. The Morgan fingerprint density at radius 1 is 1.67 bits per heavy atom. The predicted molar refractivity (Wildman–Crippen MR) is 48.8 cm³/mol. The minimum Gasteiger partial charge on any atom is -0.305 e. The van der Waals surface area contributed by atoms with E-state index < -0.39 is 0 Å².